The van der Waals surface area contributed by atoms with Gasteiger partial charge in [-0.25, -0.2) is 12.8 Å². The van der Waals surface area contributed by atoms with Gasteiger partial charge in [0.15, 0.2) is 0 Å². The molecule has 3 aromatic carbocycles. The third-order valence-electron chi connectivity index (χ3n) is 5.83. The van der Waals surface area contributed by atoms with Crippen molar-refractivity contribution < 1.29 is 22.4 Å². The van der Waals surface area contributed by atoms with Gasteiger partial charge in [-0.1, -0.05) is 54.1 Å². The smallest absolute Gasteiger partial charge is 0.244 e. The Balaban J connectivity index is 2.06. The lowest BCUT2D eigenvalue weighted by molar-refractivity contribution is -0.140. The van der Waals surface area contributed by atoms with E-state index in [4.69, 9.17) is 11.6 Å². The van der Waals surface area contributed by atoms with Gasteiger partial charge in [-0.3, -0.25) is 13.9 Å². The summed E-state index contributed by atoms with van der Waals surface area (Å²) in [5, 5.41) is 3.48. The van der Waals surface area contributed by atoms with Crippen molar-refractivity contribution >= 4 is 39.1 Å². The van der Waals surface area contributed by atoms with Gasteiger partial charge in [0.05, 0.1) is 11.9 Å². The fourth-order valence-corrected chi connectivity index (χ4v) is 4.99. The predicted octanol–water partition coefficient (Wildman–Crippen LogP) is 4.80. The second-order valence-corrected chi connectivity index (χ2v) is 12.7. The molecule has 3 aromatic rings. The molecule has 1 atom stereocenters. The Labute approximate surface area is 234 Å². The standard InChI is InChI=1S/C29H33ClFN3O4S/c1-29(2,3)32-28(36)26(18-21-8-6-5-7-9-21)33(19-22-10-12-23(30)13-11-22)27(35)20-34(39(4,37)38)25-16-14-24(31)15-17-25/h5-17,26H,18-20H2,1-4H3,(H,32,36). The second-order valence-electron chi connectivity index (χ2n) is 10.3. The molecule has 0 saturated carbocycles. The van der Waals surface area contributed by atoms with Crippen LogP contribution in [0.15, 0.2) is 78.9 Å². The minimum Gasteiger partial charge on any atom is -0.350 e. The summed E-state index contributed by atoms with van der Waals surface area (Å²) < 4.78 is 39.9. The first-order chi connectivity index (χ1) is 18.2. The van der Waals surface area contributed by atoms with Crippen LogP contribution in [-0.4, -0.2) is 49.5 Å². The minimum atomic E-state index is -3.93. The van der Waals surface area contributed by atoms with Crippen LogP contribution in [0, 0.1) is 5.82 Å². The molecular weight excluding hydrogens is 541 g/mol. The second kappa shape index (κ2) is 12.6. The van der Waals surface area contributed by atoms with Crippen LogP contribution in [0.2, 0.25) is 5.02 Å². The summed E-state index contributed by atoms with van der Waals surface area (Å²) >= 11 is 6.06. The summed E-state index contributed by atoms with van der Waals surface area (Å²) in [6.45, 7) is 4.99. The molecule has 10 heteroatoms. The number of carbonyl (C=O) groups excluding carboxylic acids is 2. The number of rotatable bonds is 10. The zero-order chi connectivity index (χ0) is 28.8. The number of hydrogen-bond donors (Lipinski definition) is 1. The molecule has 0 radical (unpaired) electrons. The van der Waals surface area contributed by atoms with Crippen molar-refractivity contribution in [2.75, 3.05) is 17.1 Å². The number of benzene rings is 3. The van der Waals surface area contributed by atoms with Crippen LogP contribution in [0.5, 0.6) is 0 Å². The van der Waals surface area contributed by atoms with E-state index in [0.29, 0.717) is 10.6 Å². The molecule has 7 nitrogen and oxygen atoms in total. The summed E-state index contributed by atoms with van der Waals surface area (Å²) in [6, 6.07) is 20.0. The van der Waals surface area contributed by atoms with Crippen LogP contribution in [0.4, 0.5) is 10.1 Å². The lowest BCUT2D eigenvalue weighted by Crippen LogP contribution is -2.56. The minimum absolute atomic E-state index is 0.0338. The number of amides is 2. The molecule has 1 unspecified atom stereocenters. The summed E-state index contributed by atoms with van der Waals surface area (Å²) in [4.78, 5) is 29.0. The Kier molecular flexibility index (Phi) is 9.74. The molecule has 0 spiro atoms. The first kappa shape index (κ1) is 30.1. The number of sulfonamides is 1. The highest BCUT2D eigenvalue weighted by Gasteiger charge is 2.34. The molecule has 0 bridgehead atoms. The molecule has 208 valence electrons. The zero-order valence-corrected chi connectivity index (χ0v) is 24.0. The highest BCUT2D eigenvalue weighted by Crippen LogP contribution is 2.21. The molecular formula is C29H33ClFN3O4S. The van der Waals surface area contributed by atoms with Gasteiger partial charge in [-0.15, -0.1) is 0 Å². The lowest BCUT2D eigenvalue weighted by Gasteiger charge is -2.35. The van der Waals surface area contributed by atoms with Crippen LogP contribution in [0.25, 0.3) is 0 Å². The Morgan fingerprint density at radius 1 is 0.923 bits per heavy atom. The van der Waals surface area contributed by atoms with Gasteiger partial charge in [0.1, 0.15) is 18.4 Å². The number of nitrogens with one attached hydrogen (secondary N) is 1. The maximum absolute atomic E-state index is 14.0. The quantitative estimate of drug-likeness (QED) is 0.377. The topological polar surface area (TPSA) is 86.8 Å². The monoisotopic (exact) mass is 573 g/mol. The van der Waals surface area contributed by atoms with E-state index in [9.17, 15) is 22.4 Å². The summed E-state index contributed by atoms with van der Waals surface area (Å²) in [6.07, 6.45) is 1.18. The first-order valence-electron chi connectivity index (χ1n) is 12.4. The molecule has 0 aliphatic heterocycles. The Hall–Kier alpha value is -3.43. The third kappa shape index (κ3) is 9.07. The molecule has 2 amide bonds. The molecule has 39 heavy (non-hydrogen) atoms. The van der Waals surface area contributed by atoms with Gasteiger partial charge in [-0.2, -0.15) is 0 Å². The maximum atomic E-state index is 14.0. The van der Waals surface area contributed by atoms with E-state index in [1.165, 1.54) is 17.0 Å². The highest BCUT2D eigenvalue weighted by molar-refractivity contribution is 7.92. The van der Waals surface area contributed by atoms with Gasteiger partial charge in [0.2, 0.25) is 21.8 Å². The van der Waals surface area contributed by atoms with Gasteiger partial charge >= 0.3 is 0 Å². The van der Waals surface area contributed by atoms with Crippen LogP contribution < -0.4 is 9.62 Å². The molecule has 0 saturated heterocycles. The van der Waals surface area contributed by atoms with Gasteiger partial charge < -0.3 is 10.2 Å². The van der Waals surface area contributed by atoms with Crippen molar-refractivity contribution in [1.82, 2.24) is 10.2 Å². The van der Waals surface area contributed by atoms with Crippen LogP contribution in [-0.2, 0) is 32.6 Å². The molecule has 0 aliphatic rings. The molecule has 0 aliphatic carbocycles. The van der Waals surface area contributed by atoms with Gasteiger partial charge in [0.25, 0.3) is 0 Å². The Morgan fingerprint density at radius 2 is 1.51 bits per heavy atom. The van der Waals surface area contributed by atoms with Crippen molar-refractivity contribution in [3.05, 3.63) is 101 Å². The SMILES string of the molecule is CC(C)(C)NC(=O)C(Cc1ccccc1)N(Cc1ccc(Cl)cc1)C(=O)CN(c1ccc(F)cc1)S(C)(=O)=O. The largest absolute Gasteiger partial charge is 0.350 e. The normalized spacial score (nSPS) is 12.5. The van der Waals surface area contributed by atoms with Gasteiger partial charge in [-0.05, 0) is 68.3 Å². The average molecular weight is 574 g/mol. The summed E-state index contributed by atoms with van der Waals surface area (Å²) in [7, 11) is -3.93. The van der Waals surface area contributed by atoms with E-state index >= 15 is 0 Å². The van der Waals surface area contributed by atoms with Crippen molar-refractivity contribution in [2.45, 2.75) is 45.3 Å². The van der Waals surface area contributed by atoms with E-state index in [0.717, 1.165) is 28.3 Å². The van der Waals surface area contributed by atoms with Crippen molar-refractivity contribution in [1.29, 1.82) is 0 Å². The van der Waals surface area contributed by atoms with E-state index < -0.39 is 39.9 Å². The average Bonchev–Trinajstić information content (AvgIpc) is 2.85. The third-order valence-corrected chi connectivity index (χ3v) is 7.22. The van der Waals surface area contributed by atoms with E-state index in [1.807, 2.05) is 51.1 Å². The fraction of sp³-hybridized carbons (Fsp3) is 0.310. The lowest BCUT2D eigenvalue weighted by atomic mass is 10.0. The number of carbonyl (C=O) groups is 2. The summed E-state index contributed by atoms with van der Waals surface area (Å²) in [5.74, 6) is -1.50. The molecule has 0 fully saturated rings. The van der Waals surface area contributed by atoms with Crippen LogP contribution in [0.3, 0.4) is 0 Å². The van der Waals surface area contributed by atoms with E-state index in [1.54, 1.807) is 24.3 Å². The van der Waals surface area contributed by atoms with Gasteiger partial charge in [0, 0.05) is 23.5 Å². The number of halogens is 2. The Bertz CT molecular complexity index is 1380. The highest BCUT2D eigenvalue weighted by atomic mass is 35.5. The number of anilines is 1. The number of hydrogen-bond acceptors (Lipinski definition) is 4. The molecule has 0 heterocycles. The molecule has 3 rings (SSSR count). The van der Waals surface area contributed by atoms with Crippen molar-refractivity contribution in [3.8, 4) is 0 Å². The van der Waals surface area contributed by atoms with Crippen LogP contribution >= 0.6 is 11.6 Å². The van der Waals surface area contributed by atoms with Crippen molar-refractivity contribution in [3.63, 3.8) is 0 Å². The van der Waals surface area contributed by atoms with Crippen LogP contribution in [0.1, 0.15) is 31.9 Å². The van der Waals surface area contributed by atoms with Crippen molar-refractivity contribution in [2.24, 2.45) is 0 Å². The Morgan fingerprint density at radius 3 is 2.05 bits per heavy atom. The fourth-order valence-electron chi connectivity index (χ4n) is 4.01. The first-order valence-corrected chi connectivity index (χ1v) is 14.6. The van der Waals surface area contributed by atoms with E-state index in [2.05, 4.69) is 5.32 Å². The zero-order valence-electron chi connectivity index (χ0n) is 22.4. The van der Waals surface area contributed by atoms with E-state index in [-0.39, 0.29) is 24.6 Å². The number of nitrogens with zero attached hydrogens (tertiary/aromatic N) is 2. The summed E-state index contributed by atoms with van der Waals surface area (Å²) in [5.41, 5.74) is 1.10. The predicted molar refractivity (Wildman–Crippen MR) is 152 cm³/mol. The molecule has 1 N–H and O–H groups in total. The molecule has 0 aromatic heterocycles. The maximum Gasteiger partial charge on any atom is 0.244 e.